The van der Waals surface area contributed by atoms with Gasteiger partial charge in [0.2, 0.25) is 0 Å². The van der Waals surface area contributed by atoms with E-state index < -0.39 is 18.9 Å². The number of halogens is 4. The van der Waals surface area contributed by atoms with Crippen molar-refractivity contribution in [3.63, 3.8) is 0 Å². The molecule has 0 spiro atoms. The van der Waals surface area contributed by atoms with Crippen LogP contribution in [0.4, 0.5) is 17.6 Å². The molecule has 0 unspecified atom stereocenters. The fourth-order valence-corrected chi connectivity index (χ4v) is 1.46. The highest BCUT2D eigenvalue weighted by atomic mass is 19.3. The molecule has 2 nitrogen and oxygen atoms in total. The van der Waals surface area contributed by atoms with E-state index in [2.05, 4.69) is 5.32 Å². The molecule has 90 valence electrons. The van der Waals surface area contributed by atoms with E-state index in [9.17, 15) is 17.6 Å². The topological polar surface area (TPSA) is 21.3 Å². The third-order valence-corrected chi connectivity index (χ3v) is 2.44. The normalized spacial score (nSPS) is 26.8. The van der Waals surface area contributed by atoms with Crippen molar-refractivity contribution in [2.75, 3.05) is 13.2 Å². The van der Waals surface area contributed by atoms with E-state index >= 15 is 0 Å². The molecular weight excluding hydrogens is 214 g/mol. The highest BCUT2D eigenvalue weighted by molar-refractivity contribution is 4.87. The van der Waals surface area contributed by atoms with Gasteiger partial charge in [0.15, 0.2) is 0 Å². The summed E-state index contributed by atoms with van der Waals surface area (Å²) in [5, 5.41) is 2.42. The second-order valence-electron chi connectivity index (χ2n) is 3.69. The minimum atomic E-state index is -3.93. The summed E-state index contributed by atoms with van der Waals surface area (Å²) < 4.78 is 53.7. The first-order valence-electron chi connectivity index (χ1n) is 4.96. The second kappa shape index (κ2) is 5.12. The number of hydrogen-bond acceptors (Lipinski definition) is 2. The molecule has 0 aromatic carbocycles. The molecule has 1 N–H and O–H groups in total. The Balaban J connectivity index is 2.13. The van der Waals surface area contributed by atoms with Crippen molar-refractivity contribution in [1.29, 1.82) is 0 Å². The maximum Gasteiger partial charge on any atom is 0.319 e. The summed E-state index contributed by atoms with van der Waals surface area (Å²) in [5.74, 6) is -3.93. The third kappa shape index (κ3) is 3.61. The number of alkyl halides is 4. The van der Waals surface area contributed by atoms with E-state index in [1.807, 2.05) is 6.92 Å². The first-order chi connectivity index (χ1) is 6.95. The van der Waals surface area contributed by atoms with Crippen molar-refractivity contribution < 1.29 is 22.3 Å². The van der Waals surface area contributed by atoms with Gasteiger partial charge in [0.05, 0.1) is 12.6 Å². The molecule has 1 aliphatic rings. The van der Waals surface area contributed by atoms with Crippen molar-refractivity contribution in [2.24, 2.45) is 0 Å². The third-order valence-electron chi connectivity index (χ3n) is 2.44. The maximum atomic E-state index is 12.5. The summed E-state index contributed by atoms with van der Waals surface area (Å²) in [7, 11) is 0. The van der Waals surface area contributed by atoms with Crippen molar-refractivity contribution in [2.45, 2.75) is 44.3 Å². The van der Waals surface area contributed by atoms with Gasteiger partial charge in [-0.3, -0.25) is 0 Å². The summed E-state index contributed by atoms with van der Waals surface area (Å²) >= 11 is 0. The SMILES string of the molecule is CCOC1CC(NCC(F)(F)C(F)F)C1. The molecule has 6 heteroatoms. The highest BCUT2D eigenvalue weighted by Crippen LogP contribution is 2.26. The Bertz CT molecular complexity index is 195. The first kappa shape index (κ1) is 12.7. The van der Waals surface area contributed by atoms with Gasteiger partial charge >= 0.3 is 12.3 Å². The van der Waals surface area contributed by atoms with E-state index in [1.54, 1.807) is 0 Å². The van der Waals surface area contributed by atoms with Crippen molar-refractivity contribution in [3.8, 4) is 0 Å². The Morgan fingerprint density at radius 1 is 1.40 bits per heavy atom. The van der Waals surface area contributed by atoms with Gasteiger partial charge in [-0.2, -0.15) is 8.78 Å². The van der Waals surface area contributed by atoms with Crippen LogP contribution in [0, 0.1) is 0 Å². The molecular formula is C9H15F4NO. The van der Waals surface area contributed by atoms with Gasteiger partial charge in [-0.05, 0) is 19.8 Å². The molecule has 1 fully saturated rings. The van der Waals surface area contributed by atoms with Crippen LogP contribution >= 0.6 is 0 Å². The molecule has 15 heavy (non-hydrogen) atoms. The lowest BCUT2D eigenvalue weighted by atomic mass is 9.89. The molecule has 1 rings (SSSR count). The molecule has 0 radical (unpaired) electrons. The standard InChI is InChI=1S/C9H15F4NO/c1-2-15-7-3-6(4-7)14-5-9(12,13)8(10)11/h6-8,14H,2-5H2,1H3. The van der Waals surface area contributed by atoms with Gasteiger partial charge in [0.1, 0.15) is 0 Å². The fourth-order valence-electron chi connectivity index (χ4n) is 1.46. The maximum absolute atomic E-state index is 12.5. The van der Waals surface area contributed by atoms with E-state index in [-0.39, 0.29) is 12.1 Å². The fraction of sp³-hybridized carbons (Fsp3) is 1.00. The summed E-state index contributed by atoms with van der Waals surface area (Å²) in [4.78, 5) is 0. The minimum absolute atomic E-state index is 0.0904. The van der Waals surface area contributed by atoms with Crippen molar-refractivity contribution in [3.05, 3.63) is 0 Å². The average molecular weight is 229 g/mol. The molecule has 0 aliphatic heterocycles. The van der Waals surface area contributed by atoms with Crippen LogP contribution in [0.3, 0.4) is 0 Å². The van der Waals surface area contributed by atoms with Gasteiger partial charge in [0.25, 0.3) is 0 Å². The van der Waals surface area contributed by atoms with E-state index in [4.69, 9.17) is 4.74 Å². The lowest BCUT2D eigenvalue weighted by molar-refractivity contribution is -0.129. The Morgan fingerprint density at radius 2 is 2.00 bits per heavy atom. The quantitative estimate of drug-likeness (QED) is 0.704. The van der Waals surface area contributed by atoms with Crippen LogP contribution in [-0.4, -0.2) is 37.6 Å². The molecule has 1 saturated carbocycles. The van der Waals surface area contributed by atoms with Crippen LogP contribution < -0.4 is 5.32 Å². The number of ether oxygens (including phenoxy) is 1. The van der Waals surface area contributed by atoms with Crippen LogP contribution in [0.2, 0.25) is 0 Å². The zero-order valence-corrected chi connectivity index (χ0v) is 8.48. The Morgan fingerprint density at radius 3 is 2.47 bits per heavy atom. The lowest BCUT2D eigenvalue weighted by Gasteiger charge is -2.36. The molecule has 0 aromatic heterocycles. The zero-order valence-electron chi connectivity index (χ0n) is 8.48. The predicted octanol–water partition coefficient (Wildman–Crippen LogP) is 2.04. The van der Waals surface area contributed by atoms with Crippen molar-refractivity contribution in [1.82, 2.24) is 5.32 Å². The molecule has 1 aliphatic carbocycles. The Labute approximate surface area is 86.0 Å². The van der Waals surface area contributed by atoms with E-state index in [1.165, 1.54) is 0 Å². The molecule has 0 amide bonds. The predicted molar refractivity (Wildman–Crippen MR) is 47.4 cm³/mol. The summed E-state index contributed by atoms with van der Waals surface area (Å²) in [6.07, 6.45) is -2.28. The second-order valence-corrected chi connectivity index (χ2v) is 3.69. The van der Waals surface area contributed by atoms with E-state index in [0.717, 1.165) is 0 Å². The monoisotopic (exact) mass is 229 g/mol. The van der Waals surface area contributed by atoms with Crippen LogP contribution in [-0.2, 0) is 4.74 Å². The molecule has 0 atom stereocenters. The van der Waals surface area contributed by atoms with Crippen LogP contribution in [0.25, 0.3) is 0 Å². The van der Waals surface area contributed by atoms with Crippen LogP contribution in [0.5, 0.6) is 0 Å². The van der Waals surface area contributed by atoms with Gasteiger partial charge in [-0.1, -0.05) is 0 Å². The largest absolute Gasteiger partial charge is 0.378 e. The lowest BCUT2D eigenvalue weighted by Crippen LogP contribution is -2.50. The first-order valence-corrected chi connectivity index (χ1v) is 4.96. The highest BCUT2D eigenvalue weighted by Gasteiger charge is 2.42. The minimum Gasteiger partial charge on any atom is -0.378 e. The van der Waals surface area contributed by atoms with Gasteiger partial charge in [-0.15, -0.1) is 0 Å². The number of hydrogen-bond donors (Lipinski definition) is 1. The van der Waals surface area contributed by atoms with Crippen LogP contribution in [0.15, 0.2) is 0 Å². The van der Waals surface area contributed by atoms with Gasteiger partial charge in [0, 0.05) is 12.6 Å². The molecule has 0 saturated heterocycles. The summed E-state index contributed by atoms with van der Waals surface area (Å²) in [6, 6.07) is -0.119. The Hall–Kier alpha value is -0.360. The number of rotatable bonds is 6. The van der Waals surface area contributed by atoms with Gasteiger partial charge in [-0.25, -0.2) is 8.78 Å². The Kier molecular flexibility index (Phi) is 4.33. The average Bonchev–Trinajstić information content (AvgIpc) is 2.08. The number of nitrogens with one attached hydrogen (secondary N) is 1. The van der Waals surface area contributed by atoms with Crippen LogP contribution in [0.1, 0.15) is 19.8 Å². The van der Waals surface area contributed by atoms with Crippen molar-refractivity contribution >= 4 is 0 Å². The van der Waals surface area contributed by atoms with Gasteiger partial charge < -0.3 is 10.1 Å². The molecule has 0 aromatic rings. The molecule has 0 bridgehead atoms. The van der Waals surface area contributed by atoms with E-state index in [0.29, 0.717) is 19.4 Å². The zero-order chi connectivity index (χ0) is 11.5. The smallest absolute Gasteiger partial charge is 0.319 e. The summed E-state index contributed by atoms with van der Waals surface area (Å²) in [5.41, 5.74) is 0. The molecule has 0 heterocycles. The summed E-state index contributed by atoms with van der Waals surface area (Å²) in [6.45, 7) is 1.48.